The number of carboxylic acid groups (broad SMARTS) is 1. The second kappa shape index (κ2) is 10.8. The second-order valence-electron chi connectivity index (χ2n) is 10.5. The molecule has 2 heterocycles. The van der Waals surface area contributed by atoms with Gasteiger partial charge in [-0.2, -0.15) is 18.2 Å². The summed E-state index contributed by atoms with van der Waals surface area (Å²) in [6.07, 6.45) is -1.09. The fraction of sp³-hybridized carbons (Fsp3) is 0.379. The van der Waals surface area contributed by atoms with Crippen LogP contribution in [0.4, 0.5) is 13.2 Å². The fourth-order valence-electron chi connectivity index (χ4n) is 4.43. The Morgan fingerprint density at radius 1 is 1.22 bits per heavy atom. The third-order valence-corrected chi connectivity index (χ3v) is 7.61. The molecule has 1 fully saturated rings. The Morgan fingerprint density at radius 3 is 2.63 bits per heavy atom. The van der Waals surface area contributed by atoms with Crippen molar-refractivity contribution in [3.05, 3.63) is 64.4 Å². The van der Waals surface area contributed by atoms with Gasteiger partial charge >= 0.3 is 12.1 Å². The Kier molecular flexibility index (Phi) is 7.58. The first-order chi connectivity index (χ1) is 19.4. The molecule has 1 atom stereocenters. The van der Waals surface area contributed by atoms with E-state index in [1.54, 1.807) is 35.8 Å². The highest BCUT2D eigenvalue weighted by atomic mass is 35.5. The van der Waals surface area contributed by atoms with E-state index >= 15 is 0 Å². The fourth-order valence-corrected chi connectivity index (χ4v) is 4.69. The number of aromatic nitrogens is 4. The summed E-state index contributed by atoms with van der Waals surface area (Å²) in [5.41, 5.74) is 0.762. The van der Waals surface area contributed by atoms with Gasteiger partial charge in [-0.1, -0.05) is 30.7 Å². The number of ether oxygens (including phenoxy) is 2. The van der Waals surface area contributed by atoms with Crippen LogP contribution in [0.15, 0.2) is 42.7 Å². The molecule has 12 heteroatoms. The first kappa shape index (κ1) is 28.7. The van der Waals surface area contributed by atoms with E-state index in [4.69, 9.17) is 31.2 Å². The van der Waals surface area contributed by atoms with E-state index in [1.807, 2.05) is 6.92 Å². The standard InChI is InChI=1S/C29H28ClF3N4O4/c1-16(27(38)39)9-12-40-19-7-8-20(22(30)13-19)24-36-23-25(34-15-35-26(23)41-28(3)10-11-28)37(24)14-18-5-4-6-21(17(18)2)29(31,32)33/h4-8,13,15-16H,9-12,14H2,1-3H3,(H,38,39). The number of benzene rings is 2. The normalized spacial score (nSPS) is 15.1. The summed E-state index contributed by atoms with van der Waals surface area (Å²) < 4.78 is 54.5. The lowest BCUT2D eigenvalue weighted by atomic mass is 10.0. The zero-order valence-electron chi connectivity index (χ0n) is 22.6. The molecule has 4 aromatic rings. The number of fused-ring (bicyclic) bond motifs is 1. The minimum atomic E-state index is -4.50. The lowest BCUT2D eigenvalue weighted by molar-refractivity contribution is -0.141. The first-order valence-electron chi connectivity index (χ1n) is 13.1. The number of carbonyl (C=O) groups is 1. The van der Waals surface area contributed by atoms with Crippen molar-refractivity contribution in [2.24, 2.45) is 5.92 Å². The molecule has 0 amide bonds. The van der Waals surface area contributed by atoms with Gasteiger partial charge in [0.15, 0.2) is 11.2 Å². The zero-order valence-corrected chi connectivity index (χ0v) is 23.4. The Hall–Kier alpha value is -3.86. The molecule has 2 aromatic heterocycles. The summed E-state index contributed by atoms with van der Waals surface area (Å²) in [5, 5.41) is 9.36. The number of aliphatic carboxylic acids is 1. The van der Waals surface area contributed by atoms with E-state index in [-0.39, 0.29) is 29.3 Å². The van der Waals surface area contributed by atoms with Crippen LogP contribution >= 0.6 is 11.6 Å². The molecule has 0 aliphatic heterocycles. The molecule has 2 aromatic carbocycles. The predicted molar refractivity (Wildman–Crippen MR) is 146 cm³/mol. The number of alkyl halides is 3. The van der Waals surface area contributed by atoms with Crippen LogP contribution < -0.4 is 9.47 Å². The zero-order chi connectivity index (χ0) is 29.5. The van der Waals surface area contributed by atoms with Crippen molar-refractivity contribution in [1.82, 2.24) is 19.5 Å². The maximum Gasteiger partial charge on any atom is 0.416 e. The number of rotatable bonds is 10. The molecule has 1 aliphatic rings. The van der Waals surface area contributed by atoms with Crippen LogP contribution in [0.1, 0.15) is 49.8 Å². The highest BCUT2D eigenvalue weighted by Gasteiger charge is 2.41. The lowest BCUT2D eigenvalue weighted by Gasteiger charge is -2.16. The van der Waals surface area contributed by atoms with Gasteiger partial charge in [0.25, 0.3) is 0 Å². The van der Waals surface area contributed by atoms with Gasteiger partial charge in [0.05, 0.1) is 29.7 Å². The molecule has 0 spiro atoms. The van der Waals surface area contributed by atoms with Crippen molar-refractivity contribution < 1.29 is 32.5 Å². The smallest absolute Gasteiger partial charge is 0.416 e. The van der Waals surface area contributed by atoms with Crippen LogP contribution in [0.5, 0.6) is 11.6 Å². The summed E-state index contributed by atoms with van der Waals surface area (Å²) >= 11 is 6.69. The van der Waals surface area contributed by atoms with Crippen LogP contribution in [0.25, 0.3) is 22.6 Å². The van der Waals surface area contributed by atoms with Gasteiger partial charge in [0, 0.05) is 5.56 Å². The molecular formula is C29H28ClF3N4O4. The molecule has 5 rings (SSSR count). The van der Waals surface area contributed by atoms with Crippen molar-refractivity contribution in [2.75, 3.05) is 6.61 Å². The van der Waals surface area contributed by atoms with Gasteiger partial charge in [-0.25, -0.2) is 9.97 Å². The molecule has 0 bridgehead atoms. The Labute approximate surface area is 239 Å². The Balaban J connectivity index is 1.56. The largest absolute Gasteiger partial charge is 0.494 e. The van der Waals surface area contributed by atoms with E-state index in [9.17, 15) is 18.0 Å². The van der Waals surface area contributed by atoms with Crippen molar-refractivity contribution in [3.63, 3.8) is 0 Å². The van der Waals surface area contributed by atoms with E-state index in [1.165, 1.54) is 19.3 Å². The summed E-state index contributed by atoms with van der Waals surface area (Å²) in [4.78, 5) is 24.6. The van der Waals surface area contributed by atoms with E-state index in [0.29, 0.717) is 46.2 Å². The van der Waals surface area contributed by atoms with Gasteiger partial charge < -0.3 is 19.1 Å². The number of halogens is 4. The molecule has 0 saturated heterocycles. The van der Waals surface area contributed by atoms with Gasteiger partial charge in [-0.3, -0.25) is 4.79 Å². The summed E-state index contributed by atoms with van der Waals surface area (Å²) in [7, 11) is 0. The van der Waals surface area contributed by atoms with Crippen LogP contribution in [0.3, 0.4) is 0 Å². The molecule has 1 aliphatic carbocycles. The van der Waals surface area contributed by atoms with Gasteiger partial charge in [0.2, 0.25) is 5.88 Å². The minimum Gasteiger partial charge on any atom is -0.494 e. The SMILES string of the molecule is Cc1c(Cn2c(-c3ccc(OCCC(C)C(=O)O)cc3Cl)nc3c(OC4(C)CC4)ncnc32)cccc1C(F)(F)F. The Morgan fingerprint density at radius 2 is 1.98 bits per heavy atom. The van der Waals surface area contributed by atoms with Gasteiger partial charge in [-0.05, 0) is 68.5 Å². The number of hydrogen-bond donors (Lipinski definition) is 1. The second-order valence-corrected chi connectivity index (χ2v) is 10.9. The van der Waals surface area contributed by atoms with Crippen molar-refractivity contribution in [3.8, 4) is 23.0 Å². The Bertz CT molecular complexity index is 1620. The molecular weight excluding hydrogens is 561 g/mol. The van der Waals surface area contributed by atoms with Crippen LogP contribution in [-0.4, -0.2) is 42.8 Å². The average molecular weight is 589 g/mol. The lowest BCUT2D eigenvalue weighted by Crippen LogP contribution is -2.13. The third kappa shape index (κ3) is 6.09. The van der Waals surface area contributed by atoms with E-state index in [0.717, 1.165) is 18.9 Å². The molecule has 216 valence electrons. The highest BCUT2D eigenvalue weighted by molar-refractivity contribution is 6.33. The van der Waals surface area contributed by atoms with Crippen molar-refractivity contribution >= 4 is 28.7 Å². The van der Waals surface area contributed by atoms with Crippen LogP contribution in [0.2, 0.25) is 5.02 Å². The molecule has 41 heavy (non-hydrogen) atoms. The predicted octanol–water partition coefficient (Wildman–Crippen LogP) is 6.94. The number of carboxylic acids is 1. The molecule has 8 nitrogen and oxygen atoms in total. The van der Waals surface area contributed by atoms with Crippen molar-refractivity contribution in [2.45, 2.75) is 58.4 Å². The summed E-state index contributed by atoms with van der Waals surface area (Å²) in [5.74, 6) is -0.352. The monoisotopic (exact) mass is 588 g/mol. The van der Waals surface area contributed by atoms with Crippen LogP contribution in [0, 0.1) is 12.8 Å². The molecule has 1 unspecified atom stereocenters. The highest BCUT2D eigenvalue weighted by Crippen LogP contribution is 2.42. The average Bonchev–Trinajstić information content (AvgIpc) is 3.52. The molecule has 1 N–H and O–H groups in total. The maximum absolute atomic E-state index is 13.7. The first-order valence-corrected chi connectivity index (χ1v) is 13.5. The maximum atomic E-state index is 13.7. The number of imidazole rings is 1. The van der Waals surface area contributed by atoms with E-state index < -0.39 is 23.6 Å². The summed E-state index contributed by atoms with van der Waals surface area (Å²) in [6.45, 7) is 5.24. The third-order valence-electron chi connectivity index (χ3n) is 7.30. The topological polar surface area (TPSA) is 99.4 Å². The quantitative estimate of drug-likeness (QED) is 0.214. The number of hydrogen-bond acceptors (Lipinski definition) is 6. The summed E-state index contributed by atoms with van der Waals surface area (Å²) in [6, 6.07) is 9.05. The number of nitrogens with zero attached hydrogens (tertiary/aromatic N) is 4. The van der Waals surface area contributed by atoms with Gasteiger partial charge in [-0.15, -0.1) is 0 Å². The molecule has 1 saturated carbocycles. The van der Waals surface area contributed by atoms with Crippen LogP contribution in [-0.2, 0) is 17.5 Å². The minimum absolute atomic E-state index is 0.0387. The van der Waals surface area contributed by atoms with Gasteiger partial charge in [0.1, 0.15) is 23.5 Å². The van der Waals surface area contributed by atoms with E-state index in [2.05, 4.69) is 9.97 Å². The molecule has 0 radical (unpaired) electrons. The van der Waals surface area contributed by atoms with Crippen molar-refractivity contribution in [1.29, 1.82) is 0 Å².